The van der Waals surface area contributed by atoms with Crippen LogP contribution in [0.5, 0.6) is 0 Å². The third-order valence-electron chi connectivity index (χ3n) is 4.24. The van der Waals surface area contributed by atoms with Crippen molar-refractivity contribution in [1.82, 2.24) is 24.1 Å². The highest BCUT2D eigenvalue weighted by atomic mass is 16.2. The lowest BCUT2D eigenvalue weighted by molar-refractivity contribution is -0.134. The molecular weight excluding hydrogens is 270 g/mol. The van der Waals surface area contributed by atoms with Crippen LogP contribution >= 0.6 is 0 Å². The van der Waals surface area contributed by atoms with Gasteiger partial charge in [0.15, 0.2) is 0 Å². The maximum atomic E-state index is 12.3. The molecule has 0 saturated carbocycles. The SMILES string of the molecule is CC(C)C1CN(C(=O)CCn2ncn(C)c2=O)CCN1C. The van der Waals surface area contributed by atoms with E-state index < -0.39 is 0 Å². The molecule has 1 amide bonds. The summed E-state index contributed by atoms with van der Waals surface area (Å²) in [7, 11) is 3.77. The number of aromatic nitrogens is 3. The summed E-state index contributed by atoms with van der Waals surface area (Å²) >= 11 is 0. The summed E-state index contributed by atoms with van der Waals surface area (Å²) in [5.74, 6) is 0.621. The van der Waals surface area contributed by atoms with E-state index >= 15 is 0 Å². The molecule has 0 aromatic carbocycles. The van der Waals surface area contributed by atoms with Gasteiger partial charge in [-0.05, 0) is 13.0 Å². The van der Waals surface area contributed by atoms with Gasteiger partial charge in [0, 0.05) is 39.1 Å². The van der Waals surface area contributed by atoms with E-state index in [1.54, 1.807) is 7.05 Å². The summed E-state index contributed by atoms with van der Waals surface area (Å²) in [6.45, 7) is 7.14. The van der Waals surface area contributed by atoms with Gasteiger partial charge in [0.05, 0.1) is 6.54 Å². The summed E-state index contributed by atoms with van der Waals surface area (Å²) in [5.41, 5.74) is -0.179. The summed E-state index contributed by atoms with van der Waals surface area (Å²) in [6.07, 6.45) is 1.79. The first-order valence-corrected chi connectivity index (χ1v) is 7.46. The van der Waals surface area contributed by atoms with Crippen LogP contribution in [0, 0.1) is 5.92 Å². The van der Waals surface area contributed by atoms with Crippen LogP contribution in [0.3, 0.4) is 0 Å². The van der Waals surface area contributed by atoms with Gasteiger partial charge in [-0.15, -0.1) is 0 Å². The van der Waals surface area contributed by atoms with Crippen LogP contribution in [0.25, 0.3) is 0 Å². The van der Waals surface area contributed by atoms with E-state index in [0.29, 0.717) is 24.9 Å². The van der Waals surface area contributed by atoms with Crippen LogP contribution in [0.15, 0.2) is 11.1 Å². The zero-order valence-electron chi connectivity index (χ0n) is 13.3. The normalized spacial score (nSPS) is 20.2. The van der Waals surface area contributed by atoms with E-state index in [2.05, 4.69) is 30.9 Å². The van der Waals surface area contributed by atoms with Crippen molar-refractivity contribution in [3.63, 3.8) is 0 Å². The first-order chi connectivity index (χ1) is 9.90. The lowest BCUT2D eigenvalue weighted by Gasteiger charge is -2.41. The zero-order valence-corrected chi connectivity index (χ0v) is 13.3. The van der Waals surface area contributed by atoms with E-state index in [4.69, 9.17) is 0 Å². The van der Waals surface area contributed by atoms with Crippen LogP contribution in [-0.2, 0) is 18.4 Å². The number of likely N-dealkylation sites (N-methyl/N-ethyl adjacent to an activating group) is 1. The Morgan fingerprint density at radius 1 is 1.38 bits per heavy atom. The molecule has 1 aliphatic rings. The molecule has 1 aromatic heterocycles. The molecular formula is C14H25N5O2. The quantitative estimate of drug-likeness (QED) is 0.770. The van der Waals surface area contributed by atoms with Crippen molar-refractivity contribution in [2.45, 2.75) is 32.9 Å². The van der Waals surface area contributed by atoms with E-state index in [-0.39, 0.29) is 11.6 Å². The molecule has 1 aromatic rings. The number of rotatable bonds is 4. The molecule has 0 bridgehead atoms. The fourth-order valence-electron chi connectivity index (χ4n) is 2.78. The van der Waals surface area contributed by atoms with Crippen molar-refractivity contribution >= 4 is 5.91 Å². The standard InChI is InChI=1S/C14H25N5O2/c1-11(2)12-9-18(8-7-16(12)3)13(20)5-6-19-14(21)17(4)10-15-19/h10-12H,5-9H2,1-4H3. The molecule has 0 N–H and O–H groups in total. The summed E-state index contributed by atoms with van der Waals surface area (Å²) in [5, 5.41) is 3.98. The molecule has 7 nitrogen and oxygen atoms in total. The lowest BCUT2D eigenvalue weighted by Crippen LogP contribution is -2.55. The number of carbonyl (C=O) groups excluding carboxylic acids is 1. The van der Waals surface area contributed by atoms with Gasteiger partial charge in [0.2, 0.25) is 5.91 Å². The van der Waals surface area contributed by atoms with Crippen LogP contribution in [0.1, 0.15) is 20.3 Å². The second-order valence-corrected chi connectivity index (χ2v) is 6.13. The smallest absolute Gasteiger partial charge is 0.340 e. The van der Waals surface area contributed by atoms with Crippen molar-refractivity contribution in [2.75, 3.05) is 26.7 Å². The second-order valence-electron chi connectivity index (χ2n) is 6.13. The van der Waals surface area contributed by atoms with Crippen molar-refractivity contribution in [3.8, 4) is 0 Å². The predicted octanol–water partition coefficient (Wildman–Crippen LogP) is -0.229. The minimum atomic E-state index is -0.179. The van der Waals surface area contributed by atoms with E-state index in [0.717, 1.165) is 19.6 Å². The molecule has 0 radical (unpaired) electrons. The molecule has 1 atom stereocenters. The number of hydrogen-bond acceptors (Lipinski definition) is 4. The van der Waals surface area contributed by atoms with Gasteiger partial charge < -0.3 is 4.90 Å². The van der Waals surface area contributed by atoms with Crippen molar-refractivity contribution in [2.24, 2.45) is 13.0 Å². The molecule has 1 fully saturated rings. The maximum Gasteiger partial charge on any atom is 0.345 e. The van der Waals surface area contributed by atoms with Gasteiger partial charge in [-0.2, -0.15) is 5.10 Å². The highest BCUT2D eigenvalue weighted by Crippen LogP contribution is 2.16. The van der Waals surface area contributed by atoms with Gasteiger partial charge >= 0.3 is 5.69 Å². The number of nitrogens with zero attached hydrogens (tertiary/aromatic N) is 5. The Morgan fingerprint density at radius 3 is 2.67 bits per heavy atom. The monoisotopic (exact) mass is 295 g/mol. The largest absolute Gasteiger partial charge is 0.345 e. The molecule has 0 aliphatic carbocycles. The number of aryl methyl sites for hydroxylation is 2. The predicted molar refractivity (Wildman–Crippen MR) is 79.9 cm³/mol. The Bertz CT molecular complexity index is 548. The Kier molecular flexibility index (Phi) is 4.82. The number of piperazine rings is 1. The van der Waals surface area contributed by atoms with E-state index in [1.807, 2.05) is 4.90 Å². The second kappa shape index (κ2) is 6.43. The Morgan fingerprint density at radius 2 is 2.10 bits per heavy atom. The fourth-order valence-corrected chi connectivity index (χ4v) is 2.78. The van der Waals surface area contributed by atoms with Gasteiger partial charge in [-0.25, -0.2) is 9.48 Å². The first-order valence-electron chi connectivity index (χ1n) is 7.46. The molecule has 1 saturated heterocycles. The molecule has 0 spiro atoms. The maximum absolute atomic E-state index is 12.3. The minimum absolute atomic E-state index is 0.103. The first kappa shape index (κ1) is 15.8. The van der Waals surface area contributed by atoms with Gasteiger partial charge in [0.1, 0.15) is 6.33 Å². The number of carbonyl (C=O) groups is 1. The average molecular weight is 295 g/mol. The lowest BCUT2D eigenvalue weighted by atomic mass is 10.00. The number of amides is 1. The van der Waals surface area contributed by atoms with Crippen LogP contribution < -0.4 is 5.69 Å². The third kappa shape index (κ3) is 3.53. The molecule has 7 heteroatoms. The van der Waals surface area contributed by atoms with Gasteiger partial charge in [-0.3, -0.25) is 14.3 Å². The molecule has 2 rings (SSSR count). The van der Waals surface area contributed by atoms with Crippen molar-refractivity contribution < 1.29 is 4.79 Å². The molecule has 1 aliphatic heterocycles. The van der Waals surface area contributed by atoms with Crippen molar-refractivity contribution in [3.05, 3.63) is 16.8 Å². The molecule has 118 valence electrons. The van der Waals surface area contributed by atoms with Crippen molar-refractivity contribution in [1.29, 1.82) is 0 Å². The molecule has 21 heavy (non-hydrogen) atoms. The Labute approximate surface area is 125 Å². The van der Waals surface area contributed by atoms with E-state index in [1.165, 1.54) is 15.6 Å². The van der Waals surface area contributed by atoms with Crippen LogP contribution in [0.2, 0.25) is 0 Å². The Balaban J connectivity index is 1.91. The van der Waals surface area contributed by atoms with Gasteiger partial charge in [-0.1, -0.05) is 13.8 Å². The van der Waals surface area contributed by atoms with Gasteiger partial charge in [0.25, 0.3) is 0 Å². The van der Waals surface area contributed by atoms with Crippen LogP contribution in [-0.4, -0.2) is 62.8 Å². The summed E-state index contributed by atoms with van der Waals surface area (Å²) < 4.78 is 2.75. The summed E-state index contributed by atoms with van der Waals surface area (Å²) in [4.78, 5) is 28.2. The molecule has 2 heterocycles. The minimum Gasteiger partial charge on any atom is -0.340 e. The molecule has 1 unspecified atom stereocenters. The average Bonchev–Trinajstić information content (AvgIpc) is 2.76. The highest BCUT2D eigenvalue weighted by Gasteiger charge is 2.28. The fraction of sp³-hybridized carbons (Fsp3) is 0.786. The van der Waals surface area contributed by atoms with E-state index in [9.17, 15) is 9.59 Å². The zero-order chi connectivity index (χ0) is 15.6. The van der Waals surface area contributed by atoms with Crippen LogP contribution in [0.4, 0.5) is 0 Å². The highest BCUT2D eigenvalue weighted by molar-refractivity contribution is 5.76. The third-order valence-corrected chi connectivity index (χ3v) is 4.24. The topological polar surface area (TPSA) is 63.4 Å². The number of hydrogen-bond donors (Lipinski definition) is 0. The summed E-state index contributed by atoms with van der Waals surface area (Å²) in [6, 6.07) is 0.403. The Hall–Kier alpha value is -1.63.